The molecule has 2 aromatic rings. The average molecular weight is 465 g/mol. The van der Waals surface area contributed by atoms with E-state index in [4.69, 9.17) is 28.9 Å². The predicted molar refractivity (Wildman–Crippen MR) is 127 cm³/mol. The van der Waals surface area contributed by atoms with Crippen LogP contribution in [0.4, 0.5) is 10.1 Å². The van der Waals surface area contributed by atoms with Gasteiger partial charge in [0, 0.05) is 41.8 Å². The third kappa shape index (κ3) is 6.43. The van der Waals surface area contributed by atoms with Crippen molar-refractivity contribution >= 4 is 35.0 Å². The first-order valence-corrected chi connectivity index (χ1v) is 11.0. The monoisotopic (exact) mass is 464 g/mol. The number of aromatic nitrogens is 1. The number of nitrogens with one attached hydrogen (secondary N) is 1. The number of hydrogen-bond acceptors (Lipinski definition) is 4. The van der Waals surface area contributed by atoms with Crippen LogP contribution in [0.3, 0.4) is 0 Å². The summed E-state index contributed by atoms with van der Waals surface area (Å²) in [6.45, 7) is 7.02. The molecule has 8 heteroatoms. The van der Waals surface area contributed by atoms with Gasteiger partial charge in [0.05, 0.1) is 11.4 Å². The second-order valence-electron chi connectivity index (χ2n) is 7.63. The molecular weight excluding hydrogens is 438 g/mol. The van der Waals surface area contributed by atoms with E-state index in [-0.39, 0.29) is 5.56 Å². The van der Waals surface area contributed by atoms with Gasteiger partial charge in [0.15, 0.2) is 0 Å². The van der Waals surface area contributed by atoms with E-state index in [0.717, 1.165) is 37.6 Å². The summed E-state index contributed by atoms with van der Waals surface area (Å²) in [5.74, 6) is -0.530. The van der Waals surface area contributed by atoms with E-state index < -0.39 is 5.83 Å². The molecule has 1 aliphatic rings. The number of anilines is 1. The second-order valence-corrected chi connectivity index (χ2v) is 8.47. The number of rotatable bonds is 8. The summed E-state index contributed by atoms with van der Waals surface area (Å²) in [6, 6.07) is 8.79. The van der Waals surface area contributed by atoms with Gasteiger partial charge in [0.2, 0.25) is 0 Å². The van der Waals surface area contributed by atoms with Crippen molar-refractivity contribution in [1.82, 2.24) is 14.8 Å². The zero-order chi connectivity index (χ0) is 22.4. The van der Waals surface area contributed by atoms with Gasteiger partial charge in [0.25, 0.3) is 5.56 Å². The molecule has 0 aliphatic carbocycles. The molecule has 0 amide bonds. The number of pyridine rings is 1. The number of hydrogen-bond donors (Lipinski definition) is 2. The quantitative estimate of drug-likeness (QED) is 0.564. The van der Waals surface area contributed by atoms with Crippen LogP contribution in [0.5, 0.6) is 0 Å². The lowest BCUT2D eigenvalue weighted by Gasteiger charge is -2.32. The van der Waals surface area contributed by atoms with Crippen molar-refractivity contribution in [2.75, 3.05) is 25.4 Å². The lowest BCUT2D eigenvalue weighted by molar-refractivity contribution is 0.190. The molecule has 3 N–H and O–H groups in total. The number of likely N-dealkylation sites (tertiary alicyclic amines) is 1. The van der Waals surface area contributed by atoms with Crippen molar-refractivity contribution in [2.45, 2.75) is 32.0 Å². The smallest absolute Gasteiger partial charge is 0.251 e. The minimum atomic E-state index is -0.530. The second kappa shape index (κ2) is 11.0. The Bertz CT molecular complexity index is 1010. The Hall–Kier alpha value is -2.12. The number of allylic oxidation sites excluding steroid dienone is 2. The minimum Gasteiger partial charge on any atom is -0.397 e. The number of halogens is 3. The SMILES string of the molecule is C=C/C(F)=C\c1c(N)ccc(=O)n1CCN1CCC(NCc2cc(Cl)ccc2Cl)CC1. The fourth-order valence-corrected chi connectivity index (χ4v) is 4.11. The Balaban J connectivity index is 1.54. The van der Waals surface area contributed by atoms with Gasteiger partial charge >= 0.3 is 0 Å². The Kier molecular flexibility index (Phi) is 8.32. The fourth-order valence-electron chi connectivity index (χ4n) is 3.73. The molecule has 3 rings (SSSR count). The lowest BCUT2D eigenvalue weighted by atomic mass is 10.0. The van der Waals surface area contributed by atoms with Gasteiger partial charge < -0.3 is 20.5 Å². The van der Waals surface area contributed by atoms with Gasteiger partial charge in [-0.15, -0.1) is 0 Å². The van der Waals surface area contributed by atoms with E-state index >= 15 is 0 Å². The molecule has 0 saturated carbocycles. The van der Waals surface area contributed by atoms with Crippen LogP contribution in [0.25, 0.3) is 6.08 Å². The maximum Gasteiger partial charge on any atom is 0.251 e. The van der Waals surface area contributed by atoms with Gasteiger partial charge in [-0.05, 0) is 67.9 Å². The molecule has 5 nitrogen and oxygen atoms in total. The highest BCUT2D eigenvalue weighted by molar-refractivity contribution is 6.33. The molecule has 2 heterocycles. The molecule has 1 aromatic heterocycles. The van der Waals surface area contributed by atoms with Crippen LogP contribution in [0.1, 0.15) is 24.1 Å². The zero-order valence-electron chi connectivity index (χ0n) is 17.3. The summed E-state index contributed by atoms with van der Waals surface area (Å²) in [4.78, 5) is 14.6. The maximum atomic E-state index is 13.7. The average Bonchev–Trinajstić information content (AvgIpc) is 2.77. The van der Waals surface area contributed by atoms with Gasteiger partial charge in [-0.3, -0.25) is 4.79 Å². The van der Waals surface area contributed by atoms with Crippen LogP contribution < -0.4 is 16.6 Å². The summed E-state index contributed by atoms with van der Waals surface area (Å²) >= 11 is 12.3. The van der Waals surface area contributed by atoms with Crippen LogP contribution >= 0.6 is 23.2 Å². The van der Waals surface area contributed by atoms with Crippen molar-refractivity contribution < 1.29 is 4.39 Å². The van der Waals surface area contributed by atoms with Crippen molar-refractivity contribution in [3.05, 3.63) is 80.5 Å². The van der Waals surface area contributed by atoms with Crippen LogP contribution in [-0.2, 0) is 13.1 Å². The van der Waals surface area contributed by atoms with Crippen LogP contribution in [-0.4, -0.2) is 35.1 Å². The highest BCUT2D eigenvalue weighted by Crippen LogP contribution is 2.21. The van der Waals surface area contributed by atoms with Gasteiger partial charge in [0.1, 0.15) is 5.83 Å². The standard InChI is InChI=1S/C23H27Cl2FN4O/c1-2-18(26)14-22-21(27)5-6-23(31)30(22)12-11-29-9-7-19(8-10-29)28-15-16-13-17(24)3-4-20(16)25/h2-6,13-14,19,28H,1,7-12,15,27H2/b18-14+. The first-order valence-electron chi connectivity index (χ1n) is 10.3. The van der Waals surface area contributed by atoms with E-state index in [2.05, 4.69) is 16.8 Å². The molecule has 0 bridgehead atoms. The summed E-state index contributed by atoms with van der Waals surface area (Å²) in [5, 5.41) is 4.94. The third-order valence-corrected chi connectivity index (χ3v) is 6.15. The minimum absolute atomic E-state index is 0.202. The molecular formula is C23H27Cl2FN4O. The number of benzene rings is 1. The van der Waals surface area contributed by atoms with Crippen molar-refractivity contribution in [3.8, 4) is 0 Å². The molecule has 1 aliphatic heterocycles. The maximum absolute atomic E-state index is 13.7. The molecule has 1 aromatic carbocycles. The number of piperidine rings is 1. The molecule has 0 radical (unpaired) electrons. The molecule has 31 heavy (non-hydrogen) atoms. The molecule has 166 valence electrons. The van der Waals surface area contributed by atoms with Crippen molar-refractivity contribution in [3.63, 3.8) is 0 Å². The lowest BCUT2D eigenvalue weighted by Crippen LogP contribution is -2.43. The van der Waals surface area contributed by atoms with Crippen molar-refractivity contribution in [1.29, 1.82) is 0 Å². The molecule has 0 spiro atoms. The van der Waals surface area contributed by atoms with E-state index in [1.54, 1.807) is 6.07 Å². The zero-order valence-corrected chi connectivity index (χ0v) is 18.8. The Morgan fingerprint density at radius 1 is 1.23 bits per heavy atom. The summed E-state index contributed by atoms with van der Waals surface area (Å²) < 4.78 is 15.2. The van der Waals surface area contributed by atoms with E-state index in [0.29, 0.717) is 47.1 Å². The van der Waals surface area contributed by atoms with Crippen LogP contribution in [0.2, 0.25) is 10.0 Å². The number of nitrogens with zero attached hydrogens (tertiary/aromatic N) is 2. The summed E-state index contributed by atoms with van der Waals surface area (Å²) in [5.41, 5.74) is 7.50. The van der Waals surface area contributed by atoms with E-state index in [9.17, 15) is 9.18 Å². The normalized spacial score (nSPS) is 15.9. The third-order valence-electron chi connectivity index (χ3n) is 5.54. The number of nitrogens with two attached hydrogens (primary N) is 1. The number of nitrogen functional groups attached to an aromatic ring is 1. The van der Waals surface area contributed by atoms with Crippen LogP contribution in [0.15, 0.2) is 53.6 Å². The topological polar surface area (TPSA) is 63.3 Å². The summed E-state index contributed by atoms with van der Waals surface area (Å²) in [6.07, 6.45) is 4.32. The largest absolute Gasteiger partial charge is 0.397 e. The van der Waals surface area contributed by atoms with Gasteiger partial charge in [-0.25, -0.2) is 4.39 Å². The highest BCUT2D eigenvalue weighted by atomic mass is 35.5. The Morgan fingerprint density at radius 3 is 2.68 bits per heavy atom. The van der Waals surface area contributed by atoms with Gasteiger partial charge in [-0.1, -0.05) is 29.8 Å². The molecule has 1 saturated heterocycles. The molecule has 1 fully saturated rings. The molecule has 0 atom stereocenters. The first kappa shape index (κ1) is 23.5. The predicted octanol–water partition coefficient (Wildman–Crippen LogP) is 4.49. The Morgan fingerprint density at radius 2 is 1.97 bits per heavy atom. The molecule has 0 unspecified atom stereocenters. The summed E-state index contributed by atoms with van der Waals surface area (Å²) in [7, 11) is 0. The first-order chi connectivity index (χ1) is 14.9. The van der Waals surface area contributed by atoms with E-state index in [1.807, 2.05) is 12.1 Å². The fraction of sp³-hybridized carbons (Fsp3) is 0.348. The van der Waals surface area contributed by atoms with Crippen LogP contribution in [0, 0.1) is 0 Å². The van der Waals surface area contributed by atoms with E-state index in [1.165, 1.54) is 22.8 Å². The van der Waals surface area contributed by atoms with Crippen molar-refractivity contribution in [2.24, 2.45) is 0 Å². The van der Waals surface area contributed by atoms with Gasteiger partial charge in [-0.2, -0.15) is 0 Å². The highest BCUT2D eigenvalue weighted by Gasteiger charge is 2.19. The Labute approximate surface area is 191 Å².